The van der Waals surface area contributed by atoms with E-state index < -0.39 is 0 Å². The molecule has 0 saturated carbocycles. The minimum Gasteiger partial charge on any atom is -0.344 e. The molecule has 0 amide bonds. The molecule has 1 aliphatic rings. The van der Waals surface area contributed by atoms with Gasteiger partial charge in [-0.05, 0) is 48.4 Å². The summed E-state index contributed by atoms with van der Waals surface area (Å²) in [5, 5.41) is 1.32. The molecule has 23 heavy (non-hydrogen) atoms. The predicted octanol–water partition coefficient (Wildman–Crippen LogP) is 4.66. The van der Waals surface area contributed by atoms with Crippen molar-refractivity contribution in [3.05, 3.63) is 78.8 Å². The highest BCUT2D eigenvalue weighted by Crippen LogP contribution is 2.28. The highest BCUT2D eigenvalue weighted by molar-refractivity contribution is 5.81. The first-order chi connectivity index (χ1) is 11.3. The van der Waals surface area contributed by atoms with Crippen LogP contribution in [0.4, 0.5) is 0 Å². The second-order valence-electron chi connectivity index (χ2n) is 6.61. The highest BCUT2D eigenvalue weighted by Gasteiger charge is 2.21. The molecule has 2 nitrogen and oxygen atoms in total. The van der Waals surface area contributed by atoms with E-state index in [1.807, 2.05) is 0 Å². The van der Waals surface area contributed by atoms with Crippen LogP contribution in [-0.4, -0.2) is 22.6 Å². The number of nitrogens with zero attached hydrogens (tertiary/aromatic N) is 2. The van der Waals surface area contributed by atoms with Crippen molar-refractivity contribution in [3.63, 3.8) is 0 Å². The minimum absolute atomic E-state index is 0.612. The number of hydrogen-bond donors (Lipinski definition) is 0. The Morgan fingerprint density at radius 1 is 0.957 bits per heavy atom. The number of rotatable bonds is 3. The van der Waals surface area contributed by atoms with E-state index in [9.17, 15) is 0 Å². The van der Waals surface area contributed by atoms with Crippen LogP contribution in [0.15, 0.2) is 60.8 Å². The number of hydrogen-bond acceptors (Lipinski definition) is 1. The van der Waals surface area contributed by atoms with E-state index in [2.05, 4.69) is 77.2 Å². The lowest BCUT2D eigenvalue weighted by Crippen LogP contribution is -2.34. The first-order valence-electron chi connectivity index (χ1n) is 8.48. The van der Waals surface area contributed by atoms with Crippen molar-refractivity contribution in [3.8, 4) is 0 Å². The van der Waals surface area contributed by atoms with Crippen LogP contribution in [0.1, 0.15) is 30.0 Å². The topological polar surface area (TPSA) is 8.17 Å². The molecular formula is C21H23N2. The molecule has 1 aromatic heterocycles. The number of fused-ring (bicyclic) bond motifs is 1. The largest absolute Gasteiger partial charge is 0.344 e. The Labute approximate surface area is 138 Å². The van der Waals surface area contributed by atoms with E-state index in [0.717, 1.165) is 12.1 Å². The Morgan fingerprint density at radius 2 is 1.74 bits per heavy atom. The minimum atomic E-state index is 0.612. The van der Waals surface area contributed by atoms with Gasteiger partial charge in [0.1, 0.15) is 0 Å². The van der Waals surface area contributed by atoms with Crippen molar-refractivity contribution in [2.45, 2.75) is 25.4 Å². The summed E-state index contributed by atoms with van der Waals surface area (Å²) >= 11 is 0. The average Bonchev–Trinajstić information content (AvgIpc) is 2.99. The summed E-state index contributed by atoms with van der Waals surface area (Å²) in [6.07, 6.45) is 4.69. The molecule has 0 N–H and O–H groups in total. The summed E-state index contributed by atoms with van der Waals surface area (Å²) < 4.78 is 2.46. The van der Waals surface area contributed by atoms with Crippen molar-refractivity contribution in [2.24, 2.45) is 0 Å². The Kier molecular flexibility index (Phi) is 3.92. The molecule has 1 fully saturated rings. The van der Waals surface area contributed by atoms with E-state index in [0.29, 0.717) is 6.04 Å². The molecular weight excluding hydrogens is 280 g/mol. The number of piperidine rings is 1. The van der Waals surface area contributed by atoms with E-state index in [1.54, 1.807) is 0 Å². The van der Waals surface area contributed by atoms with Gasteiger partial charge in [0, 0.05) is 37.4 Å². The smallest absolute Gasteiger partial charge is 0.0485 e. The fourth-order valence-corrected chi connectivity index (χ4v) is 3.71. The molecule has 2 heterocycles. The summed E-state index contributed by atoms with van der Waals surface area (Å²) in [6, 6.07) is 20.1. The Morgan fingerprint density at radius 3 is 2.52 bits per heavy atom. The molecule has 2 heteroatoms. The van der Waals surface area contributed by atoms with E-state index >= 15 is 0 Å². The number of benzene rings is 2. The maximum Gasteiger partial charge on any atom is 0.0485 e. The van der Waals surface area contributed by atoms with Gasteiger partial charge in [0.25, 0.3) is 0 Å². The molecule has 2 aromatic carbocycles. The lowest BCUT2D eigenvalue weighted by Gasteiger charge is -2.33. The van der Waals surface area contributed by atoms with Gasteiger partial charge in [0.2, 0.25) is 0 Å². The van der Waals surface area contributed by atoms with E-state index in [1.165, 1.54) is 42.4 Å². The number of aromatic nitrogens is 1. The van der Waals surface area contributed by atoms with Crippen LogP contribution in [0.25, 0.3) is 10.9 Å². The van der Waals surface area contributed by atoms with Crippen LogP contribution in [0.3, 0.4) is 0 Å². The first-order valence-corrected chi connectivity index (χ1v) is 8.48. The fourth-order valence-electron chi connectivity index (χ4n) is 3.71. The highest BCUT2D eigenvalue weighted by atomic mass is 15.1. The van der Waals surface area contributed by atoms with E-state index in [-0.39, 0.29) is 0 Å². The van der Waals surface area contributed by atoms with Gasteiger partial charge in [0.05, 0.1) is 0 Å². The maximum atomic E-state index is 4.07. The van der Waals surface area contributed by atoms with Gasteiger partial charge in [-0.3, -0.25) is 4.90 Å². The van der Waals surface area contributed by atoms with Crippen molar-refractivity contribution < 1.29 is 0 Å². The summed E-state index contributed by atoms with van der Waals surface area (Å²) in [7, 11) is 0. The zero-order valence-electron chi connectivity index (χ0n) is 13.5. The second-order valence-corrected chi connectivity index (χ2v) is 6.61. The quantitative estimate of drug-likeness (QED) is 0.683. The van der Waals surface area contributed by atoms with Gasteiger partial charge in [-0.2, -0.15) is 0 Å². The molecule has 117 valence electrons. The van der Waals surface area contributed by atoms with Gasteiger partial charge >= 0.3 is 0 Å². The molecule has 1 saturated heterocycles. The summed E-state index contributed by atoms with van der Waals surface area (Å²) in [5.41, 5.74) is 3.84. The van der Waals surface area contributed by atoms with E-state index in [4.69, 9.17) is 0 Å². The summed E-state index contributed by atoms with van der Waals surface area (Å²) in [5.74, 6) is 0. The Bertz CT molecular complexity index is 780. The summed E-state index contributed by atoms with van der Waals surface area (Å²) in [6.45, 7) is 7.49. The van der Waals surface area contributed by atoms with Gasteiger partial charge < -0.3 is 4.57 Å². The third-order valence-corrected chi connectivity index (χ3v) is 4.99. The monoisotopic (exact) mass is 303 g/mol. The molecule has 4 rings (SSSR count). The lowest BCUT2D eigenvalue weighted by molar-refractivity contribution is 0.181. The van der Waals surface area contributed by atoms with Crippen molar-refractivity contribution >= 4 is 10.9 Å². The molecule has 1 aliphatic heterocycles. The molecule has 0 bridgehead atoms. The fraction of sp³-hybridized carbons (Fsp3) is 0.286. The first kappa shape index (κ1) is 14.5. The maximum absolute atomic E-state index is 4.07. The normalized spacial score (nSPS) is 16.9. The zero-order chi connectivity index (χ0) is 15.6. The molecule has 1 radical (unpaired) electrons. The van der Waals surface area contributed by atoms with Gasteiger partial charge in [-0.15, -0.1) is 0 Å². The molecule has 0 spiro atoms. The Hall–Kier alpha value is -2.06. The van der Waals surface area contributed by atoms with Crippen molar-refractivity contribution in [2.75, 3.05) is 13.1 Å². The average molecular weight is 303 g/mol. The Balaban J connectivity index is 1.45. The third-order valence-electron chi connectivity index (χ3n) is 4.99. The van der Waals surface area contributed by atoms with Crippen molar-refractivity contribution in [1.29, 1.82) is 0 Å². The van der Waals surface area contributed by atoms with Crippen LogP contribution < -0.4 is 0 Å². The summed E-state index contributed by atoms with van der Waals surface area (Å²) in [4.78, 5) is 2.57. The van der Waals surface area contributed by atoms with Crippen LogP contribution in [-0.2, 0) is 6.54 Å². The lowest BCUT2D eigenvalue weighted by atomic mass is 10.0. The van der Waals surface area contributed by atoms with Gasteiger partial charge in [0.15, 0.2) is 0 Å². The van der Waals surface area contributed by atoms with Gasteiger partial charge in [-0.25, -0.2) is 0 Å². The molecule has 3 aromatic rings. The zero-order valence-corrected chi connectivity index (χ0v) is 13.5. The van der Waals surface area contributed by atoms with Crippen LogP contribution >= 0.6 is 0 Å². The van der Waals surface area contributed by atoms with Gasteiger partial charge in [-0.1, -0.05) is 42.5 Å². The SMILES string of the molecule is [CH2]c1ccc2ccn(C3CCN(Cc4ccccc4)CC3)c2c1. The third kappa shape index (κ3) is 3.04. The predicted molar refractivity (Wildman–Crippen MR) is 96.4 cm³/mol. The second kappa shape index (κ2) is 6.21. The van der Waals surface area contributed by atoms with Crippen LogP contribution in [0.5, 0.6) is 0 Å². The molecule has 0 unspecified atom stereocenters. The van der Waals surface area contributed by atoms with Crippen LogP contribution in [0.2, 0.25) is 0 Å². The molecule has 0 aliphatic carbocycles. The standard InChI is InChI=1S/C21H23N2/c1-17-7-8-19-9-14-23(21(19)15-17)20-10-12-22(13-11-20)16-18-5-3-2-4-6-18/h2-9,14-15,20H,1,10-13,16H2. The van der Waals surface area contributed by atoms with Crippen molar-refractivity contribution in [1.82, 2.24) is 9.47 Å². The molecule has 0 atom stereocenters. The van der Waals surface area contributed by atoms with Crippen LogP contribution in [0, 0.1) is 6.92 Å². The number of likely N-dealkylation sites (tertiary alicyclic amines) is 1.